The molecule has 0 atom stereocenters. The van der Waals surface area contributed by atoms with Crippen molar-refractivity contribution in [1.82, 2.24) is 20.2 Å². The highest BCUT2D eigenvalue weighted by Crippen LogP contribution is 2.39. The van der Waals surface area contributed by atoms with Gasteiger partial charge >= 0.3 is 0 Å². The molecule has 1 fully saturated rings. The Morgan fingerprint density at radius 2 is 2.18 bits per heavy atom. The third-order valence-electron chi connectivity index (χ3n) is 4.97. The minimum Gasteiger partial charge on any atom is -0.322 e. The van der Waals surface area contributed by atoms with Crippen molar-refractivity contribution < 1.29 is 0 Å². The normalized spacial score (nSPS) is 14.8. The second-order valence-electron chi connectivity index (χ2n) is 7.37. The number of hydrogen-bond donors (Lipinski definition) is 2. The van der Waals surface area contributed by atoms with Crippen LogP contribution in [-0.4, -0.2) is 20.2 Å². The van der Waals surface area contributed by atoms with Crippen molar-refractivity contribution in [2.24, 2.45) is 0 Å². The number of aromatic amines is 1. The van der Waals surface area contributed by atoms with Crippen molar-refractivity contribution in [3.05, 3.63) is 47.1 Å². The first-order valence-corrected chi connectivity index (χ1v) is 10.2. The second-order valence-corrected chi connectivity index (χ2v) is 7.37. The maximum absolute atomic E-state index is 5.65. The van der Waals surface area contributed by atoms with Crippen LogP contribution in [0.2, 0.25) is 0 Å². The van der Waals surface area contributed by atoms with E-state index in [4.69, 9.17) is 11.4 Å². The number of aromatic nitrogens is 4. The summed E-state index contributed by atoms with van der Waals surface area (Å²) in [6.07, 6.45) is 18.5. The smallest absolute Gasteiger partial charge is 0.157 e. The van der Waals surface area contributed by atoms with E-state index in [2.05, 4.69) is 59.3 Å². The molecule has 2 N–H and O–H groups in total. The van der Waals surface area contributed by atoms with Crippen LogP contribution >= 0.6 is 0 Å². The number of anilines is 2. The van der Waals surface area contributed by atoms with Crippen LogP contribution in [-0.2, 0) is 0 Å². The number of H-pyrrole nitrogens is 1. The van der Waals surface area contributed by atoms with Crippen molar-refractivity contribution in [3.63, 3.8) is 0 Å². The van der Waals surface area contributed by atoms with Gasteiger partial charge in [0.05, 0.1) is 5.56 Å². The van der Waals surface area contributed by atoms with Gasteiger partial charge in [-0.05, 0) is 44.6 Å². The van der Waals surface area contributed by atoms with Crippen LogP contribution in [0.1, 0.15) is 82.3 Å². The molecule has 0 saturated heterocycles. The zero-order chi connectivity index (χ0) is 19.9. The van der Waals surface area contributed by atoms with Crippen molar-refractivity contribution in [2.75, 3.05) is 5.32 Å². The van der Waals surface area contributed by atoms with Crippen LogP contribution in [0.25, 0.3) is 5.57 Å². The Hall–Kier alpha value is -2.87. The Balaban J connectivity index is 1.82. The molecule has 2 heterocycles. The average molecular weight is 376 g/mol. The summed E-state index contributed by atoms with van der Waals surface area (Å²) in [4.78, 5) is 9.19. The first-order chi connectivity index (χ1) is 13.6. The SMILES string of the molecule is C#Cc1cnc(/C(=C/C=C(\C)CCCC)CC)nc1Nc1cc(C2CC2)[nH]n1. The van der Waals surface area contributed by atoms with E-state index in [1.54, 1.807) is 6.20 Å². The molecule has 0 aromatic carbocycles. The van der Waals surface area contributed by atoms with E-state index in [9.17, 15) is 0 Å². The number of nitrogens with zero attached hydrogens (tertiary/aromatic N) is 3. The van der Waals surface area contributed by atoms with Crippen LogP contribution in [0.3, 0.4) is 0 Å². The van der Waals surface area contributed by atoms with Gasteiger partial charge < -0.3 is 5.32 Å². The van der Waals surface area contributed by atoms with Gasteiger partial charge in [0, 0.05) is 23.9 Å². The van der Waals surface area contributed by atoms with Crippen LogP contribution in [0.5, 0.6) is 0 Å². The Kier molecular flexibility index (Phi) is 6.65. The zero-order valence-corrected chi connectivity index (χ0v) is 17.0. The summed E-state index contributed by atoms with van der Waals surface area (Å²) in [5.74, 6) is 5.33. The maximum atomic E-state index is 5.65. The van der Waals surface area contributed by atoms with Crippen molar-refractivity contribution in [2.45, 2.75) is 65.2 Å². The van der Waals surface area contributed by atoms with Crippen LogP contribution in [0.4, 0.5) is 11.6 Å². The molecule has 0 amide bonds. The summed E-state index contributed by atoms with van der Waals surface area (Å²) in [5.41, 5.74) is 4.25. The lowest BCUT2D eigenvalue weighted by molar-refractivity contribution is 0.787. The molecular formula is C23H29N5. The lowest BCUT2D eigenvalue weighted by atomic mass is 10.1. The molecule has 5 heteroatoms. The van der Waals surface area contributed by atoms with Gasteiger partial charge in [0.15, 0.2) is 17.5 Å². The molecule has 28 heavy (non-hydrogen) atoms. The topological polar surface area (TPSA) is 66.5 Å². The molecule has 3 rings (SSSR count). The number of terminal acetylenes is 1. The molecule has 0 radical (unpaired) electrons. The highest BCUT2D eigenvalue weighted by molar-refractivity contribution is 5.66. The van der Waals surface area contributed by atoms with Crippen molar-refractivity contribution >= 4 is 17.2 Å². The Morgan fingerprint density at radius 1 is 1.36 bits per heavy atom. The highest BCUT2D eigenvalue weighted by atomic mass is 15.2. The molecule has 1 aliphatic rings. The number of rotatable bonds is 9. The predicted octanol–water partition coefficient (Wildman–Crippen LogP) is 5.73. The standard InChI is InChI=1S/C23H29N5/c1-5-8-9-16(4)10-11-17(6-2)22-24-15-18(7-3)23(26-22)25-21-14-20(27-28-21)19-12-13-19/h3,10-11,14-15,19H,5-6,8-9,12-13H2,1-2,4H3,(H2,24,25,26,27,28)/b16-10+,17-11+. The van der Waals surface area contributed by atoms with Gasteiger partial charge in [-0.15, -0.1) is 6.42 Å². The Bertz CT molecular complexity index is 909. The van der Waals surface area contributed by atoms with Gasteiger partial charge in [0.1, 0.15) is 0 Å². The molecule has 1 aliphatic carbocycles. The van der Waals surface area contributed by atoms with Gasteiger partial charge in [-0.2, -0.15) is 5.10 Å². The van der Waals surface area contributed by atoms with Gasteiger partial charge in [-0.3, -0.25) is 5.10 Å². The number of unbranched alkanes of at least 4 members (excludes halogenated alkanes) is 1. The zero-order valence-electron chi connectivity index (χ0n) is 17.0. The lowest BCUT2D eigenvalue weighted by Crippen LogP contribution is -2.03. The van der Waals surface area contributed by atoms with Crippen LogP contribution < -0.4 is 5.32 Å². The third kappa shape index (κ3) is 5.10. The first-order valence-electron chi connectivity index (χ1n) is 10.2. The summed E-state index contributed by atoms with van der Waals surface area (Å²) in [6.45, 7) is 6.49. The maximum Gasteiger partial charge on any atom is 0.157 e. The van der Waals surface area contributed by atoms with Crippen LogP contribution in [0.15, 0.2) is 30.0 Å². The monoisotopic (exact) mass is 375 g/mol. The largest absolute Gasteiger partial charge is 0.322 e. The fourth-order valence-corrected chi connectivity index (χ4v) is 3.00. The fraction of sp³-hybridized carbons (Fsp3) is 0.435. The number of hydrogen-bond acceptors (Lipinski definition) is 4. The summed E-state index contributed by atoms with van der Waals surface area (Å²) < 4.78 is 0. The minimum atomic E-state index is 0.618. The molecule has 0 aliphatic heterocycles. The summed E-state index contributed by atoms with van der Waals surface area (Å²) in [5, 5.41) is 10.7. The summed E-state index contributed by atoms with van der Waals surface area (Å²) in [6, 6.07) is 2.04. The van der Waals surface area contributed by atoms with E-state index in [0.29, 0.717) is 23.1 Å². The van der Waals surface area contributed by atoms with E-state index < -0.39 is 0 Å². The van der Waals surface area contributed by atoms with Gasteiger partial charge in [0.2, 0.25) is 0 Å². The molecule has 1 saturated carbocycles. The minimum absolute atomic E-state index is 0.618. The van der Waals surface area contributed by atoms with Gasteiger partial charge in [0.25, 0.3) is 0 Å². The van der Waals surface area contributed by atoms with Crippen molar-refractivity contribution in [1.29, 1.82) is 0 Å². The number of allylic oxidation sites excluding steroid dienone is 4. The molecular weight excluding hydrogens is 346 g/mol. The molecule has 2 aromatic heterocycles. The van der Waals surface area contributed by atoms with E-state index in [1.165, 1.54) is 37.0 Å². The van der Waals surface area contributed by atoms with E-state index in [1.807, 2.05) is 6.07 Å². The van der Waals surface area contributed by atoms with Gasteiger partial charge in [-0.25, -0.2) is 9.97 Å². The second kappa shape index (κ2) is 9.36. The average Bonchev–Trinajstić information content (AvgIpc) is 3.46. The highest BCUT2D eigenvalue weighted by Gasteiger charge is 2.25. The summed E-state index contributed by atoms with van der Waals surface area (Å²) in [7, 11) is 0. The Labute approximate surface area is 167 Å². The van der Waals surface area contributed by atoms with Gasteiger partial charge in [-0.1, -0.05) is 43.9 Å². The predicted molar refractivity (Wildman–Crippen MR) is 115 cm³/mol. The van der Waals surface area contributed by atoms with E-state index >= 15 is 0 Å². The van der Waals surface area contributed by atoms with Crippen molar-refractivity contribution in [3.8, 4) is 12.3 Å². The molecule has 146 valence electrons. The lowest BCUT2D eigenvalue weighted by Gasteiger charge is -2.09. The Morgan fingerprint density at radius 3 is 2.86 bits per heavy atom. The fourth-order valence-electron chi connectivity index (χ4n) is 3.00. The molecule has 5 nitrogen and oxygen atoms in total. The van der Waals surface area contributed by atoms with E-state index in [0.717, 1.165) is 24.2 Å². The molecule has 0 spiro atoms. The quantitative estimate of drug-likeness (QED) is 0.434. The molecule has 0 unspecified atom stereocenters. The third-order valence-corrected chi connectivity index (χ3v) is 4.97. The molecule has 0 bridgehead atoms. The van der Waals surface area contributed by atoms with E-state index in [-0.39, 0.29) is 0 Å². The molecule has 2 aromatic rings. The number of nitrogens with one attached hydrogen (secondary N) is 2. The first kappa shape index (κ1) is 19.9. The summed E-state index contributed by atoms with van der Waals surface area (Å²) >= 11 is 0. The van der Waals surface area contributed by atoms with Crippen LogP contribution in [0, 0.1) is 12.3 Å².